The Balaban J connectivity index is 2.23. The SMILES string of the molecule is CN1CCN(C(=O)CN(C)CCNC(=O)C(C)(C)N)CC1. The molecule has 0 atom stereocenters. The number of carbonyl (C=O) groups excluding carboxylic acids is 2. The van der Waals surface area contributed by atoms with Crippen LogP contribution in [-0.2, 0) is 9.59 Å². The molecule has 3 N–H and O–H groups in total. The normalized spacial score (nSPS) is 17.1. The van der Waals surface area contributed by atoms with Crippen molar-refractivity contribution in [1.82, 2.24) is 20.0 Å². The van der Waals surface area contributed by atoms with Crippen molar-refractivity contribution in [3.8, 4) is 0 Å². The van der Waals surface area contributed by atoms with Crippen molar-refractivity contribution < 1.29 is 9.59 Å². The Morgan fingerprint density at radius 2 is 1.81 bits per heavy atom. The zero-order chi connectivity index (χ0) is 16.0. The largest absolute Gasteiger partial charge is 0.353 e. The fourth-order valence-electron chi connectivity index (χ4n) is 2.05. The third-order valence-corrected chi connectivity index (χ3v) is 3.63. The summed E-state index contributed by atoms with van der Waals surface area (Å²) in [4.78, 5) is 29.8. The van der Waals surface area contributed by atoms with Gasteiger partial charge in [-0.25, -0.2) is 0 Å². The minimum Gasteiger partial charge on any atom is -0.353 e. The molecule has 2 amide bonds. The first kappa shape index (κ1) is 17.9. The molecular formula is C14H29N5O2. The molecule has 7 heteroatoms. The second kappa shape index (κ2) is 7.72. The van der Waals surface area contributed by atoms with E-state index < -0.39 is 5.54 Å². The van der Waals surface area contributed by atoms with Crippen molar-refractivity contribution >= 4 is 11.8 Å². The molecule has 1 heterocycles. The summed E-state index contributed by atoms with van der Waals surface area (Å²) in [5.41, 5.74) is 4.83. The van der Waals surface area contributed by atoms with Crippen molar-refractivity contribution in [3.63, 3.8) is 0 Å². The monoisotopic (exact) mass is 299 g/mol. The topological polar surface area (TPSA) is 81.9 Å². The van der Waals surface area contributed by atoms with Gasteiger partial charge in [-0.3, -0.25) is 14.5 Å². The van der Waals surface area contributed by atoms with Gasteiger partial charge in [0.1, 0.15) is 0 Å². The zero-order valence-electron chi connectivity index (χ0n) is 13.7. The number of amides is 2. The van der Waals surface area contributed by atoms with Crippen molar-refractivity contribution in [3.05, 3.63) is 0 Å². The maximum absolute atomic E-state index is 12.1. The van der Waals surface area contributed by atoms with Crippen LogP contribution in [0.4, 0.5) is 0 Å². The average molecular weight is 299 g/mol. The number of hydrogen-bond donors (Lipinski definition) is 2. The van der Waals surface area contributed by atoms with Crippen LogP contribution in [0.5, 0.6) is 0 Å². The van der Waals surface area contributed by atoms with Crippen molar-refractivity contribution in [2.75, 3.05) is 59.9 Å². The summed E-state index contributed by atoms with van der Waals surface area (Å²) in [5, 5.41) is 2.77. The fourth-order valence-corrected chi connectivity index (χ4v) is 2.05. The Hall–Kier alpha value is -1.18. The lowest BCUT2D eigenvalue weighted by molar-refractivity contribution is -0.133. The van der Waals surface area contributed by atoms with Gasteiger partial charge in [0.05, 0.1) is 12.1 Å². The van der Waals surface area contributed by atoms with Gasteiger partial charge < -0.3 is 20.9 Å². The van der Waals surface area contributed by atoms with E-state index in [9.17, 15) is 9.59 Å². The number of likely N-dealkylation sites (N-methyl/N-ethyl adjacent to an activating group) is 2. The minimum absolute atomic E-state index is 0.149. The van der Waals surface area contributed by atoms with Gasteiger partial charge in [0.15, 0.2) is 0 Å². The number of nitrogens with one attached hydrogen (secondary N) is 1. The molecule has 0 saturated carbocycles. The van der Waals surface area contributed by atoms with Crippen LogP contribution >= 0.6 is 0 Å². The molecule has 7 nitrogen and oxygen atoms in total. The number of nitrogens with zero attached hydrogens (tertiary/aromatic N) is 3. The molecule has 0 bridgehead atoms. The van der Waals surface area contributed by atoms with Gasteiger partial charge in [-0.15, -0.1) is 0 Å². The molecule has 0 aromatic carbocycles. The molecule has 0 aromatic heterocycles. The summed E-state index contributed by atoms with van der Waals surface area (Å²) >= 11 is 0. The quantitative estimate of drug-likeness (QED) is 0.627. The Labute approximate surface area is 127 Å². The Kier molecular flexibility index (Phi) is 6.57. The summed E-state index contributed by atoms with van der Waals surface area (Å²) in [6, 6.07) is 0. The maximum atomic E-state index is 12.1. The summed E-state index contributed by atoms with van der Waals surface area (Å²) in [7, 11) is 3.95. The highest BCUT2D eigenvalue weighted by Crippen LogP contribution is 2.00. The second-order valence-electron chi connectivity index (χ2n) is 6.40. The molecule has 0 spiro atoms. The molecule has 21 heavy (non-hydrogen) atoms. The smallest absolute Gasteiger partial charge is 0.239 e. The number of carbonyl (C=O) groups is 2. The van der Waals surface area contributed by atoms with Crippen LogP contribution in [0.1, 0.15) is 13.8 Å². The van der Waals surface area contributed by atoms with E-state index in [0.717, 1.165) is 26.2 Å². The molecule has 1 rings (SSSR count). The molecular weight excluding hydrogens is 270 g/mol. The highest BCUT2D eigenvalue weighted by atomic mass is 16.2. The number of nitrogens with two attached hydrogens (primary N) is 1. The predicted molar refractivity (Wildman–Crippen MR) is 82.9 cm³/mol. The molecule has 122 valence electrons. The molecule has 1 saturated heterocycles. The van der Waals surface area contributed by atoms with E-state index >= 15 is 0 Å². The maximum Gasteiger partial charge on any atom is 0.239 e. The molecule has 1 aliphatic heterocycles. The number of rotatable bonds is 6. The van der Waals surface area contributed by atoms with Gasteiger partial charge in [0, 0.05) is 39.3 Å². The van der Waals surface area contributed by atoms with E-state index in [0.29, 0.717) is 19.6 Å². The lowest BCUT2D eigenvalue weighted by Gasteiger charge is -2.33. The van der Waals surface area contributed by atoms with Crippen LogP contribution < -0.4 is 11.1 Å². The van der Waals surface area contributed by atoms with E-state index in [2.05, 4.69) is 17.3 Å². The Morgan fingerprint density at radius 3 is 2.33 bits per heavy atom. The second-order valence-corrected chi connectivity index (χ2v) is 6.40. The summed E-state index contributed by atoms with van der Waals surface area (Å²) in [6.45, 7) is 8.28. The summed E-state index contributed by atoms with van der Waals surface area (Å²) in [5.74, 6) is -0.0302. The third-order valence-electron chi connectivity index (χ3n) is 3.63. The first-order valence-corrected chi connectivity index (χ1v) is 7.42. The number of piperazine rings is 1. The van der Waals surface area contributed by atoms with Gasteiger partial charge in [-0.2, -0.15) is 0 Å². The van der Waals surface area contributed by atoms with Crippen molar-refractivity contribution in [2.24, 2.45) is 5.73 Å². The van der Waals surface area contributed by atoms with Gasteiger partial charge >= 0.3 is 0 Å². The van der Waals surface area contributed by atoms with Crippen LogP contribution in [0.2, 0.25) is 0 Å². The van der Waals surface area contributed by atoms with E-state index in [1.54, 1.807) is 13.8 Å². The van der Waals surface area contributed by atoms with E-state index in [4.69, 9.17) is 5.73 Å². The van der Waals surface area contributed by atoms with E-state index in [1.165, 1.54) is 0 Å². The average Bonchev–Trinajstić information content (AvgIpc) is 2.38. The standard InChI is InChI=1S/C14H29N5O2/c1-14(2,15)13(21)16-5-6-18(4)11-12(20)19-9-7-17(3)8-10-19/h5-11,15H2,1-4H3,(H,16,21). The van der Waals surface area contributed by atoms with Crippen LogP contribution in [0.25, 0.3) is 0 Å². The molecule has 1 fully saturated rings. The van der Waals surface area contributed by atoms with E-state index in [-0.39, 0.29) is 11.8 Å². The fraction of sp³-hybridized carbons (Fsp3) is 0.857. The molecule has 0 radical (unpaired) electrons. The lowest BCUT2D eigenvalue weighted by Crippen LogP contribution is -2.51. The first-order chi connectivity index (χ1) is 9.70. The number of hydrogen-bond acceptors (Lipinski definition) is 5. The van der Waals surface area contributed by atoms with Gasteiger partial charge in [-0.05, 0) is 27.9 Å². The lowest BCUT2D eigenvalue weighted by atomic mass is 10.1. The molecule has 0 aromatic rings. The third kappa shape index (κ3) is 6.41. The summed E-state index contributed by atoms with van der Waals surface area (Å²) in [6.07, 6.45) is 0. The van der Waals surface area contributed by atoms with Gasteiger partial charge in [0.2, 0.25) is 11.8 Å². The van der Waals surface area contributed by atoms with Crippen LogP contribution in [0.3, 0.4) is 0 Å². The van der Waals surface area contributed by atoms with Gasteiger partial charge in [0.25, 0.3) is 0 Å². The Bertz CT molecular complexity index is 359. The van der Waals surface area contributed by atoms with Crippen LogP contribution in [-0.4, -0.2) is 92.0 Å². The molecule has 0 aliphatic carbocycles. The Morgan fingerprint density at radius 1 is 1.24 bits per heavy atom. The van der Waals surface area contributed by atoms with Crippen molar-refractivity contribution in [1.29, 1.82) is 0 Å². The van der Waals surface area contributed by atoms with Crippen LogP contribution in [0, 0.1) is 0 Å². The van der Waals surface area contributed by atoms with Crippen molar-refractivity contribution in [2.45, 2.75) is 19.4 Å². The summed E-state index contributed by atoms with van der Waals surface area (Å²) < 4.78 is 0. The van der Waals surface area contributed by atoms with Gasteiger partial charge in [-0.1, -0.05) is 0 Å². The van der Waals surface area contributed by atoms with E-state index in [1.807, 2.05) is 16.8 Å². The predicted octanol–water partition coefficient (Wildman–Crippen LogP) is -1.45. The minimum atomic E-state index is -0.867. The highest BCUT2D eigenvalue weighted by Gasteiger charge is 2.22. The first-order valence-electron chi connectivity index (χ1n) is 7.42. The zero-order valence-corrected chi connectivity index (χ0v) is 13.7. The highest BCUT2D eigenvalue weighted by molar-refractivity contribution is 5.85. The van der Waals surface area contributed by atoms with Crippen LogP contribution in [0.15, 0.2) is 0 Å². The molecule has 1 aliphatic rings. The molecule has 0 unspecified atom stereocenters.